The van der Waals surface area contributed by atoms with Crippen molar-refractivity contribution in [2.24, 2.45) is 0 Å². The molecular formula is C25H19Cl2NO5. The second kappa shape index (κ2) is 9.17. The number of carbonyl (C=O) groups is 2. The summed E-state index contributed by atoms with van der Waals surface area (Å²) in [5, 5.41) is 11.6. The van der Waals surface area contributed by atoms with Gasteiger partial charge in [0.05, 0.1) is 30.9 Å². The second-order valence-electron chi connectivity index (χ2n) is 7.24. The summed E-state index contributed by atoms with van der Waals surface area (Å²) in [6.07, 6.45) is 0. The van der Waals surface area contributed by atoms with Crippen LogP contribution in [0.3, 0.4) is 0 Å². The molecule has 168 valence electrons. The fourth-order valence-corrected chi connectivity index (χ4v) is 4.18. The highest BCUT2D eigenvalue weighted by Gasteiger charge is 2.45. The van der Waals surface area contributed by atoms with Crippen molar-refractivity contribution in [3.05, 3.63) is 99.2 Å². The number of carbonyl (C=O) groups excluding carboxylic acids is 2. The van der Waals surface area contributed by atoms with Gasteiger partial charge in [0, 0.05) is 22.3 Å². The number of hydrogen-bond donors (Lipinski definition) is 1. The van der Waals surface area contributed by atoms with Gasteiger partial charge >= 0.3 is 0 Å². The van der Waals surface area contributed by atoms with Crippen LogP contribution in [0, 0.1) is 0 Å². The number of hydrogen-bond acceptors (Lipinski definition) is 5. The van der Waals surface area contributed by atoms with Gasteiger partial charge in [-0.05, 0) is 42.0 Å². The average Bonchev–Trinajstić information content (AvgIpc) is 3.09. The van der Waals surface area contributed by atoms with Crippen LogP contribution in [0.15, 0.2) is 78.1 Å². The topological polar surface area (TPSA) is 76.1 Å². The van der Waals surface area contributed by atoms with E-state index < -0.39 is 23.5 Å². The van der Waals surface area contributed by atoms with Gasteiger partial charge < -0.3 is 14.6 Å². The number of methoxy groups -OCH3 is 2. The molecule has 1 atom stereocenters. The maximum Gasteiger partial charge on any atom is 0.294 e. The molecular weight excluding hydrogens is 465 g/mol. The molecule has 3 aromatic rings. The van der Waals surface area contributed by atoms with Crippen LogP contribution in [0.1, 0.15) is 22.0 Å². The largest absolute Gasteiger partial charge is 0.503 e. The zero-order valence-corrected chi connectivity index (χ0v) is 19.2. The Morgan fingerprint density at radius 1 is 0.939 bits per heavy atom. The molecule has 0 saturated heterocycles. The summed E-state index contributed by atoms with van der Waals surface area (Å²) >= 11 is 12.3. The molecule has 1 aliphatic heterocycles. The first-order valence-electron chi connectivity index (χ1n) is 9.90. The highest BCUT2D eigenvalue weighted by Crippen LogP contribution is 2.44. The summed E-state index contributed by atoms with van der Waals surface area (Å²) in [6.45, 7) is 0. The Kier molecular flexibility index (Phi) is 6.31. The van der Waals surface area contributed by atoms with E-state index in [-0.39, 0.29) is 16.2 Å². The number of ether oxygens (including phenoxy) is 2. The van der Waals surface area contributed by atoms with Gasteiger partial charge in [-0.15, -0.1) is 0 Å². The molecule has 1 aliphatic rings. The van der Waals surface area contributed by atoms with Gasteiger partial charge in [-0.25, -0.2) is 0 Å². The molecule has 1 heterocycles. The van der Waals surface area contributed by atoms with E-state index in [0.29, 0.717) is 27.8 Å². The molecule has 1 amide bonds. The lowest BCUT2D eigenvalue weighted by atomic mass is 9.92. The first-order valence-corrected chi connectivity index (χ1v) is 10.7. The summed E-state index contributed by atoms with van der Waals surface area (Å²) in [5.41, 5.74) is 1.10. The molecule has 0 radical (unpaired) electrons. The fraction of sp³-hybridized carbons (Fsp3) is 0.120. The van der Waals surface area contributed by atoms with Crippen LogP contribution in [0.4, 0.5) is 5.69 Å². The highest BCUT2D eigenvalue weighted by molar-refractivity contribution is 6.35. The molecule has 8 heteroatoms. The molecule has 0 aromatic heterocycles. The van der Waals surface area contributed by atoms with Crippen molar-refractivity contribution >= 4 is 40.6 Å². The van der Waals surface area contributed by atoms with Crippen LogP contribution in [0.5, 0.6) is 11.5 Å². The van der Waals surface area contributed by atoms with E-state index >= 15 is 0 Å². The van der Waals surface area contributed by atoms with Crippen molar-refractivity contribution in [2.75, 3.05) is 19.1 Å². The first-order chi connectivity index (χ1) is 15.9. The van der Waals surface area contributed by atoms with Crippen molar-refractivity contribution in [1.82, 2.24) is 0 Å². The number of aliphatic hydroxyl groups is 1. The minimum Gasteiger partial charge on any atom is -0.503 e. The molecule has 0 spiro atoms. The van der Waals surface area contributed by atoms with E-state index in [1.165, 1.54) is 19.1 Å². The van der Waals surface area contributed by atoms with Crippen LogP contribution >= 0.6 is 23.2 Å². The highest BCUT2D eigenvalue weighted by atomic mass is 35.5. The molecule has 1 unspecified atom stereocenters. The van der Waals surface area contributed by atoms with E-state index in [4.69, 9.17) is 32.7 Å². The number of anilines is 1. The number of aliphatic hydroxyl groups excluding tert-OH is 1. The average molecular weight is 484 g/mol. The number of nitrogens with zero attached hydrogens (tertiary/aromatic N) is 1. The first kappa shape index (κ1) is 22.7. The Hall–Kier alpha value is -3.48. The third kappa shape index (κ3) is 4.03. The summed E-state index contributed by atoms with van der Waals surface area (Å²) in [6, 6.07) is 17.2. The molecule has 1 N–H and O–H groups in total. The quantitative estimate of drug-likeness (QED) is 0.448. The SMILES string of the molecule is COc1ccc(N2C(=O)C(O)=C(C(=O)c3ccccc3Cl)C2c2ccc(Cl)cc2)cc1OC. The van der Waals surface area contributed by atoms with Crippen LogP contribution in [0.2, 0.25) is 10.0 Å². The fourth-order valence-electron chi connectivity index (χ4n) is 3.83. The van der Waals surface area contributed by atoms with Gasteiger partial charge in [0.25, 0.3) is 5.91 Å². The summed E-state index contributed by atoms with van der Waals surface area (Å²) < 4.78 is 10.7. The number of benzene rings is 3. The molecule has 0 saturated carbocycles. The van der Waals surface area contributed by atoms with Crippen molar-refractivity contribution in [3.8, 4) is 11.5 Å². The van der Waals surface area contributed by atoms with Gasteiger partial charge in [-0.2, -0.15) is 0 Å². The normalized spacial score (nSPS) is 15.7. The van der Waals surface area contributed by atoms with Gasteiger partial charge in [-0.1, -0.05) is 47.5 Å². The number of halogens is 2. The lowest BCUT2D eigenvalue weighted by Crippen LogP contribution is -2.31. The minimum atomic E-state index is -0.920. The smallest absolute Gasteiger partial charge is 0.294 e. The number of rotatable bonds is 6. The second-order valence-corrected chi connectivity index (χ2v) is 8.08. The maximum atomic E-state index is 13.5. The molecule has 6 nitrogen and oxygen atoms in total. The van der Waals surface area contributed by atoms with Crippen molar-refractivity contribution < 1.29 is 24.2 Å². The predicted octanol–water partition coefficient (Wildman–Crippen LogP) is 5.79. The Labute approximate surface area is 200 Å². The molecule has 0 bridgehead atoms. The Bertz CT molecular complexity index is 1270. The lowest BCUT2D eigenvalue weighted by molar-refractivity contribution is -0.117. The van der Waals surface area contributed by atoms with Gasteiger partial charge in [0.1, 0.15) is 0 Å². The van der Waals surface area contributed by atoms with Crippen LogP contribution in [0.25, 0.3) is 0 Å². The number of amides is 1. The summed E-state index contributed by atoms with van der Waals surface area (Å²) in [4.78, 5) is 28.1. The summed E-state index contributed by atoms with van der Waals surface area (Å²) in [5.74, 6) is -1.05. The Morgan fingerprint density at radius 2 is 1.61 bits per heavy atom. The molecule has 33 heavy (non-hydrogen) atoms. The van der Waals surface area contributed by atoms with E-state index in [1.54, 1.807) is 66.7 Å². The van der Waals surface area contributed by atoms with Crippen LogP contribution in [-0.4, -0.2) is 31.0 Å². The van der Waals surface area contributed by atoms with E-state index in [2.05, 4.69) is 0 Å². The molecule has 0 aliphatic carbocycles. The third-order valence-corrected chi connectivity index (χ3v) is 5.98. The van der Waals surface area contributed by atoms with E-state index in [1.807, 2.05) is 0 Å². The maximum absolute atomic E-state index is 13.5. The summed E-state index contributed by atoms with van der Waals surface area (Å²) in [7, 11) is 2.98. The van der Waals surface area contributed by atoms with Gasteiger partial charge in [0.2, 0.25) is 0 Å². The molecule has 3 aromatic carbocycles. The van der Waals surface area contributed by atoms with Crippen LogP contribution < -0.4 is 14.4 Å². The Morgan fingerprint density at radius 3 is 2.24 bits per heavy atom. The van der Waals surface area contributed by atoms with E-state index in [0.717, 1.165) is 0 Å². The van der Waals surface area contributed by atoms with E-state index in [9.17, 15) is 14.7 Å². The molecule has 4 rings (SSSR count). The third-order valence-electron chi connectivity index (χ3n) is 5.40. The zero-order valence-electron chi connectivity index (χ0n) is 17.7. The van der Waals surface area contributed by atoms with Crippen molar-refractivity contribution in [3.63, 3.8) is 0 Å². The zero-order chi connectivity index (χ0) is 23.7. The molecule has 0 fully saturated rings. The van der Waals surface area contributed by atoms with Crippen LogP contribution in [-0.2, 0) is 4.79 Å². The van der Waals surface area contributed by atoms with Crippen molar-refractivity contribution in [1.29, 1.82) is 0 Å². The van der Waals surface area contributed by atoms with Gasteiger partial charge in [0.15, 0.2) is 23.0 Å². The Balaban J connectivity index is 1.90. The monoisotopic (exact) mass is 483 g/mol. The predicted molar refractivity (Wildman–Crippen MR) is 127 cm³/mol. The lowest BCUT2D eigenvalue weighted by Gasteiger charge is -2.27. The number of Topliss-reactive ketones (excluding diaryl/α,β-unsaturated/α-hetero) is 1. The van der Waals surface area contributed by atoms with Crippen molar-refractivity contribution in [2.45, 2.75) is 6.04 Å². The van der Waals surface area contributed by atoms with Gasteiger partial charge in [-0.3, -0.25) is 14.5 Å². The standard InChI is InChI=1S/C25H19Cl2NO5/c1-32-19-12-11-16(13-20(19)33-2)28-22(14-7-9-15(26)10-8-14)21(24(30)25(28)31)23(29)17-5-3-4-6-18(17)27/h3-13,22,30H,1-2H3. The minimum absolute atomic E-state index is 0.0785. The number of ketones is 1.